The Kier molecular flexibility index (Phi) is 5.20. The van der Waals surface area contributed by atoms with Gasteiger partial charge in [-0.3, -0.25) is 4.79 Å². The van der Waals surface area contributed by atoms with E-state index in [1.807, 2.05) is 0 Å². The molecule has 2 unspecified atom stereocenters. The zero-order valence-electron chi connectivity index (χ0n) is 9.29. The summed E-state index contributed by atoms with van der Waals surface area (Å²) < 4.78 is 42.1. The lowest BCUT2D eigenvalue weighted by atomic mass is 10.1. The molecular weight excluding hydrogens is 239 g/mol. The van der Waals surface area contributed by atoms with Crippen LogP contribution in [-0.4, -0.2) is 43.1 Å². The van der Waals surface area contributed by atoms with E-state index in [9.17, 15) is 18.0 Å². The van der Waals surface area contributed by atoms with Crippen LogP contribution < -0.4 is 5.32 Å². The van der Waals surface area contributed by atoms with Gasteiger partial charge in [0.25, 0.3) is 0 Å². The van der Waals surface area contributed by atoms with Gasteiger partial charge in [-0.15, -0.1) is 0 Å². The van der Waals surface area contributed by atoms with Crippen molar-refractivity contribution in [3.05, 3.63) is 0 Å². The quantitative estimate of drug-likeness (QED) is 0.704. The van der Waals surface area contributed by atoms with Crippen molar-refractivity contribution < 1.29 is 27.8 Å². The average Bonchev–Trinajstić information content (AvgIpc) is 2.67. The third-order valence-electron chi connectivity index (χ3n) is 2.71. The second kappa shape index (κ2) is 6.20. The summed E-state index contributed by atoms with van der Waals surface area (Å²) in [4.78, 5) is 10.4. The minimum absolute atomic E-state index is 0.0941. The van der Waals surface area contributed by atoms with E-state index in [0.717, 1.165) is 12.8 Å². The Hall–Kier alpha value is -0.820. The SMILES string of the molecule is O=C(O)C(CNCCC1CCCO1)C(F)(F)F. The first-order chi connectivity index (χ1) is 7.91. The molecule has 0 aromatic heterocycles. The second-order valence-corrected chi connectivity index (χ2v) is 4.06. The summed E-state index contributed by atoms with van der Waals surface area (Å²) in [5.41, 5.74) is 0. The van der Waals surface area contributed by atoms with E-state index in [0.29, 0.717) is 19.6 Å². The highest BCUT2D eigenvalue weighted by molar-refractivity contribution is 5.71. The van der Waals surface area contributed by atoms with Crippen molar-refractivity contribution in [3.8, 4) is 0 Å². The van der Waals surface area contributed by atoms with Gasteiger partial charge in [0.2, 0.25) is 0 Å². The summed E-state index contributed by atoms with van der Waals surface area (Å²) in [5.74, 6) is -4.19. The maximum atomic E-state index is 12.3. The Morgan fingerprint density at radius 1 is 1.53 bits per heavy atom. The van der Waals surface area contributed by atoms with Crippen molar-refractivity contribution >= 4 is 5.97 Å². The number of hydrogen-bond donors (Lipinski definition) is 2. The normalized spacial score (nSPS) is 22.6. The number of carboxylic acids is 1. The van der Waals surface area contributed by atoms with E-state index in [2.05, 4.69) is 5.32 Å². The lowest BCUT2D eigenvalue weighted by Crippen LogP contribution is -2.39. The molecule has 0 aliphatic carbocycles. The van der Waals surface area contributed by atoms with Gasteiger partial charge in [0.1, 0.15) is 0 Å². The summed E-state index contributed by atoms with van der Waals surface area (Å²) in [5, 5.41) is 11.0. The topological polar surface area (TPSA) is 58.6 Å². The Morgan fingerprint density at radius 2 is 2.24 bits per heavy atom. The van der Waals surface area contributed by atoms with Gasteiger partial charge in [0.15, 0.2) is 5.92 Å². The van der Waals surface area contributed by atoms with E-state index in [1.165, 1.54) is 0 Å². The molecule has 0 bridgehead atoms. The van der Waals surface area contributed by atoms with E-state index in [-0.39, 0.29) is 6.10 Å². The Morgan fingerprint density at radius 3 is 2.71 bits per heavy atom. The molecule has 2 N–H and O–H groups in total. The van der Waals surface area contributed by atoms with E-state index in [1.54, 1.807) is 0 Å². The zero-order chi connectivity index (χ0) is 12.9. The Balaban J connectivity index is 2.20. The number of halogens is 3. The molecular formula is C10H16F3NO3. The van der Waals surface area contributed by atoms with E-state index < -0.39 is 24.6 Å². The molecule has 1 rings (SSSR count). The minimum atomic E-state index is -4.71. The number of aliphatic carboxylic acids is 1. The molecule has 100 valence electrons. The van der Waals surface area contributed by atoms with Crippen LogP contribution in [0.3, 0.4) is 0 Å². The molecule has 1 aliphatic heterocycles. The first-order valence-corrected chi connectivity index (χ1v) is 5.53. The standard InChI is InChI=1S/C10H16F3NO3/c11-10(12,13)8(9(15)16)6-14-4-3-7-2-1-5-17-7/h7-8,14H,1-6H2,(H,15,16). The van der Waals surface area contributed by atoms with Crippen LogP contribution in [0.15, 0.2) is 0 Å². The van der Waals surface area contributed by atoms with Crippen molar-refractivity contribution in [1.29, 1.82) is 0 Å². The Labute approximate surface area is 97.1 Å². The van der Waals surface area contributed by atoms with Crippen LogP contribution in [-0.2, 0) is 9.53 Å². The molecule has 1 heterocycles. The van der Waals surface area contributed by atoms with Gasteiger partial charge in [-0.2, -0.15) is 13.2 Å². The lowest BCUT2D eigenvalue weighted by molar-refractivity contribution is -0.192. The van der Waals surface area contributed by atoms with Crippen LogP contribution >= 0.6 is 0 Å². The van der Waals surface area contributed by atoms with Gasteiger partial charge in [-0.25, -0.2) is 0 Å². The van der Waals surface area contributed by atoms with Gasteiger partial charge in [0.05, 0.1) is 6.10 Å². The minimum Gasteiger partial charge on any atom is -0.481 e. The highest BCUT2D eigenvalue weighted by Gasteiger charge is 2.44. The first kappa shape index (κ1) is 14.2. The van der Waals surface area contributed by atoms with Crippen molar-refractivity contribution in [1.82, 2.24) is 5.32 Å². The van der Waals surface area contributed by atoms with Gasteiger partial charge >= 0.3 is 12.1 Å². The molecule has 1 aliphatic rings. The number of carboxylic acid groups (broad SMARTS) is 1. The largest absolute Gasteiger partial charge is 0.481 e. The molecule has 17 heavy (non-hydrogen) atoms. The number of carbonyl (C=O) groups is 1. The third-order valence-corrected chi connectivity index (χ3v) is 2.71. The molecule has 0 amide bonds. The summed E-state index contributed by atoms with van der Waals surface area (Å²) in [6.07, 6.45) is -2.10. The van der Waals surface area contributed by atoms with Crippen LogP contribution in [0, 0.1) is 5.92 Å². The molecule has 4 nitrogen and oxygen atoms in total. The summed E-state index contributed by atoms with van der Waals surface area (Å²) >= 11 is 0. The van der Waals surface area contributed by atoms with Crippen LogP contribution in [0.5, 0.6) is 0 Å². The maximum absolute atomic E-state index is 12.3. The van der Waals surface area contributed by atoms with Crippen LogP contribution in [0.4, 0.5) is 13.2 Å². The summed E-state index contributed by atoms with van der Waals surface area (Å²) in [6, 6.07) is 0. The molecule has 0 spiro atoms. The maximum Gasteiger partial charge on any atom is 0.403 e. The zero-order valence-corrected chi connectivity index (χ0v) is 9.29. The fourth-order valence-corrected chi connectivity index (χ4v) is 1.72. The lowest BCUT2D eigenvalue weighted by Gasteiger charge is -2.17. The number of ether oxygens (including phenoxy) is 1. The predicted octanol–water partition coefficient (Wildman–Crippen LogP) is 1.41. The number of hydrogen-bond acceptors (Lipinski definition) is 3. The van der Waals surface area contributed by atoms with Gasteiger partial charge < -0.3 is 15.2 Å². The molecule has 0 radical (unpaired) electrons. The predicted molar refractivity (Wildman–Crippen MR) is 53.6 cm³/mol. The van der Waals surface area contributed by atoms with E-state index in [4.69, 9.17) is 9.84 Å². The molecule has 0 aromatic carbocycles. The number of nitrogens with one attached hydrogen (secondary N) is 1. The molecule has 2 atom stereocenters. The second-order valence-electron chi connectivity index (χ2n) is 4.06. The fraction of sp³-hybridized carbons (Fsp3) is 0.900. The van der Waals surface area contributed by atoms with Crippen molar-refractivity contribution in [2.45, 2.75) is 31.5 Å². The van der Waals surface area contributed by atoms with Crippen molar-refractivity contribution in [2.75, 3.05) is 19.7 Å². The third kappa shape index (κ3) is 4.91. The van der Waals surface area contributed by atoms with Crippen LogP contribution in [0.25, 0.3) is 0 Å². The molecule has 7 heteroatoms. The van der Waals surface area contributed by atoms with Gasteiger partial charge in [-0.1, -0.05) is 0 Å². The van der Waals surface area contributed by atoms with Gasteiger partial charge in [-0.05, 0) is 25.8 Å². The van der Waals surface area contributed by atoms with E-state index >= 15 is 0 Å². The number of alkyl halides is 3. The molecule has 0 saturated carbocycles. The van der Waals surface area contributed by atoms with Crippen LogP contribution in [0.1, 0.15) is 19.3 Å². The smallest absolute Gasteiger partial charge is 0.403 e. The summed E-state index contributed by atoms with van der Waals surface area (Å²) in [7, 11) is 0. The Bertz CT molecular complexity index is 252. The monoisotopic (exact) mass is 255 g/mol. The summed E-state index contributed by atoms with van der Waals surface area (Å²) in [6.45, 7) is 0.445. The molecule has 0 aromatic rings. The van der Waals surface area contributed by atoms with Crippen molar-refractivity contribution in [2.24, 2.45) is 5.92 Å². The van der Waals surface area contributed by atoms with Gasteiger partial charge in [0, 0.05) is 13.2 Å². The van der Waals surface area contributed by atoms with Crippen LogP contribution in [0.2, 0.25) is 0 Å². The highest BCUT2D eigenvalue weighted by atomic mass is 19.4. The number of rotatable bonds is 6. The molecule has 1 fully saturated rings. The fourth-order valence-electron chi connectivity index (χ4n) is 1.72. The first-order valence-electron chi connectivity index (χ1n) is 5.53. The van der Waals surface area contributed by atoms with Crippen molar-refractivity contribution in [3.63, 3.8) is 0 Å². The average molecular weight is 255 g/mol. The molecule has 1 saturated heterocycles. The highest BCUT2D eigenvalue weighted by Crippen LogP contribution is 2.25.